The van der Waals surface area contributed by atoms with Gasteiger partial charge in [-0.25, -0.2) is 0 Å². The molecule has 23 heavy (non-hydrogen) atoms. The van der Waals surface area contributed by atoms with Crippen LogP contribution in [0.4, 0.5) is 0 Å². The zero-order valence-electron chi connectivity index (χ0n) is 14.2. The summed E-state index contributed by atoms with van der Waals surface area (Å²) in [6, 6.07) is 8.35. The minimum Gasteiger partial charge on any atom is -0.393 e. The fourth-order valence-electron chi connectivity index (χ4n) is 3.36. The standard InChI is InChI=1S/C19H28NO2.Ru/c1-12(2)9-16(21)11-14(4)19(22)20-18-13(3)10-15-7-5-6-8-17(15)18;/h5-8,12-14,16,18,21H,4,9-11H2,1-3H3,(H,20,22);/q-1;+1. The Morgan fingerprint density at radius 1 is 1.35 bits per heavy atom. The molecule has 129 valence electrons. The maximum Gasteiger partial charge on any atom is 1.00 e. The molecule has 4 atom stereocenters. The largest absolute Gasteiger partial charge is 1.00 e. The van der Waals surface area contributed by atoms with Gasteiger partial charge < -0.3 is 17.3 Å². The van der Waals surface area contributed by atoms with Crippen molar-refractivity contribution >= 4 is 5.91 Å². The average molecular weight is 404 g/mol. The third kappa shape index (κ3) is 5.39. The molecule has 0 spiro atoms. The molecule has 1 aliphatic carbocycles. The van der Waals surface area contributed by atoms with Crippen LogP contribution in [0.3, 0.4) is 0 Å². The molecule has 0 saturated heterocycles. The molecule has 4 heteroatoms. The minimum atomic E-state index is -0.457. The summed E-state index contributed by atoms with van der Waals surface area (Å²) >= 11 is 0. The normalized spacial score (nSPS) is 22.2. The van der Waals surface area contributed by atoms with Gasteiger partial charge in [0.05, 0.1) is 12.1 Å². The van der Waals surface area contributed by atoms with E-state index in [0.717, 1.165) is 6.42 Å². The number of carbonyl (C=O) groups is 1. The summed E-state index contributed by atoms with van der Waals surface area (Å²) in [5.74, 6) is 0.353. The van der Waals surface area contributed by atoms with Crippen LogP contribution < -0.4 is 5.32 Å². The molecule has 1 radical (unpaired) electrons. The fraction of sp³-hybridized carbons (Fsp3) is 0.579. The van der Waals surface area contributed by atoms with Gasteiger partial charge >= 0.3 is 19.5 Å². The second kappa shape index (κ2) is 8.94. The number of hydrogen-bond donors (Lipinski definition) is 2. The fourth-order valence-corrected chi connectivity index (χ4v) is 3.36. The van der Waals surface area contributed by atoms with Gasteiger partial charge in [-0.3, -0.25) is 4.79 Å². The zero-order chi connectivity index (χ0) is 16.3. The van der Waals surface area contributed by atoms with E-state index in [1.165, 1.54) is 11.1 Å². The van der Waals surface area contributed by atoms with E-state index in [4.69, 9.17) is 0 Å². The van der Waals surface area contributed by atoms with Crippen LogP contribution in [0, 0.1) is 24.7 Å². The first-order chi connectivity index (χ1) is 10.4. The molecule has 2 N–H and O–H groups in total. The maximum atomic E-state index is 12.4. The van der Waals surface area contributed by atoms with E-state index in [0.29, 0.717) is 24.7 Å². The maximum absolute atomic E-state index is 12.4. The SMILES string of the molecule is [CH2-]C(CC(O)CC(C)C)C(=O)NC1c2ccccc2CC1C.[Ru+]. The smallest absolute Gasteiger partial charge is 0.393 e. The molecule has 1 aliphatic rings. The Balaban J connectivity index is 0.00000264. The van der Waals surface area contributed by atoms with Crippen molar-refractivity contribution in [2.75, 3.05) is 0 Å². The van der Waals surface area contributed by atoms with Crippen LogP contribution in [-0.2, 0) is 30.7 Å². The van der Waals surface area contributed by atoms with E-state index >= 15 is 0 Å². The van der Waals surface area contributed by atoms with Crippen LogP contribution >= 0.6 is 0 Å². The number of benzene rings is 1. The van der Waals surface area contributed by atoms with Crippen LogP contribution in [-0.4, -0.2) is 17.1 Å². The van der Waals surface area contributed by atoms with Crippen molar-refractivity contribution in [2.45, 2.75) is 52.2 Å². The number of carbonyl (C=O) groups excluding carboxylic acids is 1. The van der Waals surface area contributed by atoms with Gasteiger partial charge in [0.2, 0.25) is 0 Å². The molecule has 1 amide bonds. The van der Waals surface area contributed by atoms with Crippen LogP contribution in [0.5, 0.6) is 0 Å². The molecule has 2 rings (SSSR count). The first-order valence-corrected chi connectivity index (χ1v) is 8.27. The Hall–Kier alpha value is -0.727. The van der Waals surface area contributed by atoms with E-state index in [1.807, 2.05) is 12.1 Å². The minimum absolute atomic E-state index is 0. The van der Waals surface area contributed by atoms with Crippen molar-refractivity contribution in [3.8, 4) is 0 Å². The quantitative estimate of drug-likeness (QED) is 0.566. The summed E-state index contributed by atoms with van der Waals surface area (Å²) in [5, 5.41) is 13.1. The molecule has 0 saturated carbocycles. The number of rotatable bonds is 6. The van der Waals surface area contributed by atoms with Gasteiger partial charge in [-0.15, -0.1) is 0 Å². The molecule has 1 aromatic carbocycles. The number of amides is 1. The Bertz CT molecular complexity index is 518. The van der Waals surface area contributed by atoms with E-state index in [9.17, 15) is 9.90 Å². The topological polar surface area (TPSA) is 49.3 Å². The molecular weight excluding hydrogens is 375 g/mol. The van der Waals surface area contributed by atoms with Gasteiger partial charge in [0.1, 0.15) is 0 Å². The van der Waals surface area contributed by atoms with Gasteiger partial charge in [-0.2, -0.15) is 0 Å². The Labute approximate surface area is 153 Å². The number of nitrogens with one attached hydrogen (secondary N) is 1. The monoisotopic (exact) mass is 404 g/mol. The van der Waals surface area contributed by atoms with E-state index in [-0.39, 0.29) is 31.4 Å². The van der Waals surface area contributed by atoms with E-state index in [1.54, 1.807) is 0 Å². The predicted octanol–water partition coefficient (Wildman–Crippen LogP) is 3.28. The van der Waals surface area contributed by atoms with Gasteiger partial charge in [-0.05, 0) is 42.2 Å². The number of aliphatic hydroxyl groups excluding tert-OH is 1. The number of aliphatic hydroxyl groups is 1. The summed E-state index contributed by atoms with van der Waals surface area (Å²) in [4.78, 5) is 12.4. The molecule has 0 heterocycles. The third-order valence-corrected chi connectivity index (χ3v) is 4.47. The Morgan fingerprint density at radius 3 is 2.65 bits per heavy atom. The molecule has 1 aromatic rings. The number of hydrogen-bond acceptors (Lipinski definition) is 2. The average Bonchev–Trinajstić information content (AvgIpc) is 2.74. The first-order valence-electron chi connectivity index (χ1n) is 8.27. The zero-order valence-corrected chi connectivity index (χ0v) is 16.0. The Kier molecular flexibility index (Phi) is 7.90. The second-order valence-electron chi connectivity index (χ2n) is 7.08. The molecule has 0 bridgehead atoms. The summed E-state index contributed by atoms with van der Waals surface area (Å²) in [6.07, 6.45) is 1.68. The van der Waals surface area contributed by atoms with Gasteiger partial charge in [0.25, 0.3) is 0 Å². The van der Waals surface area contributed by atoms with Gasteiger partial charge in [-0.1, -0.05) is 51.0 Å². The Morgan fingerprint density at radius 2 is 2.00 bits per heavy atom. The molecule has 4 unspecified atom stereocenters. The van der Waals surface area contributed by atoms with E-state index in [2.05, 4.69) is 45.1 Å². The summed E-state index contributed by atoms with van der Waals surface area (Å²) in [5.41, 5.74) is 2.54. The molecular formula is C19H28NO2Ru. The summed E-state index contributed by atoms with van der Waals surface area (Å²) < 4.78 is 0. The summed E-state index contributed by atoms with van der Waals surface area (Å²) in [6.45, 7) is 10.2. The molecule has 0 aliphatic heterocycles. The van der Waals surface area contributed by atoms with Crippen molar-refractivity contribution in [3.63, 3.8) is 0 Å². The third-order valence-electron chi connectivity index (χ3n) is 4.47. The van der Waals surface area contributed by atoms with Crippen molar-refractivity contribution in [3.05, 3.63) is 42.3 Å². The van der Waals surface area contributed by atoms with Gasteiger partial charge in [0.15, 0.2) is 5.91 Å². The van der Waals surface area contributed by atoms with Crippen LogP contribution in [0.25, 0.3) is 0 Å². The first kappa shape index (κ1) is 20.3. The van der Waals surface area contributed by atoms with Gasteiger partial charge in [0, 0.05) is 0 Å². The van der Waals surface area contributed by atoms with Crippen molar-refractivity contribution in [2.24, 2.45) is 17.8 Å². The molecule has 0 fully saturated rings. The van der Waals surface area contributed by atoms with Crippen molar-refractivity contribution < 1.29 is 29.4 Å². The number of fused-ring (bicyclic) bond motifs is 1. The van der Waals surface area contributed by atoms with E-state index < -0.39 is 12.0 Å². The summed E-state index contributed by atoms with van der Waals surface area (Å²) in [7, 11) is 0. The van der Waals surface area contributed by atoms with Crippen molar-refractivity contribution in [1.82, 2.24) is 5.32 Å². The van der Waals surface area contributed by atoms with Crippen LogP contribution in [0.2, 0.25) is 0 Å². The predicted molar refractivity (Wildman–Crippen MR) is 89.1 cm³/mol. The van der Waals surface area contributed by atoms with Crippen molar-refractivity contribution in [1.29, 1.82) is 0 Å². The van der Waals surface area contributed by atoms with Crippen LogP contribution in [0.1, 0.15) is 50.8 Å². The molecule has 3 nitrogen and oxygen atoms in total. The van der Waals surface area contributed by atoms with Crippen LogP contribution in [0.15, 0.2) is 24.3 Å². The molecule has 0 aromatic heterocycles. The second-order valence-corrected chi connectivity index (χ2v) is 7.08.